The molecule has 0 fully saturated rings. The van der Waals surface area contributed by atoms with E-state index < -0.39 is 18.8 Å². The van der Waals surface area contributed by atoms with Crippen molar-refractivity contribution in [2.24, 2.45) is 0 Å². The number of benzene rings is 2. The first-order valence-corrected chi connectivity index (χ1v) is 12.0. The van der Waals surface area contributed by atoms with Crippen molar-refractivity contribution >= 4 is 11.8 Å². The topological polar surface area (TPSA) is 112 Å². The number of carbonyl (C=O) groups excluding carboxylic acids is 1. The van der Waals surface area contributed by atoms with Crippen molar-refractivity contribution in [2.75, 3.05) is 26.1 Å². The summed E-state index contributed by atoms with van der Waals surface area (Å²) in [4.78, 5) is 21.3. The molecule has 4 rings (SSSR count). The minimum absolute atomic E-state index is 0.00442. The van der Waals surface area contributed by atoms with Crippen molar-refractivity contribution < 1.29 is 32.2 Å². The second kappa shape index (κ2) is 12.5. The molecule has 0 aliphatic carbocycles. The number of urea groups is 1. The summed E-state index contributed by atoms with van der Waals surface area (Å²) in [5.74, 6) is 0.390. The number of halogens is 3. The lowest BCUT2D eigenvalue weighted by molar-refractivity contribution is -0.153. The largest absolute Gasteiger partial charge is 0.484 e. The van der Waals surface area contributed by atoms with Crippen LogP contribution in [0.25, 0.3) is 16.9 Å². The van der Waals surface area contributed by atoms with Gasteiger partial charge in [0.15, 0.2) is 6.61 Å². The van der Waals surface area contributed by atoms with Gasteiger partial charge in [-0.15, -0.1) is 0 Å². The molecule has 40 heavy (non-hydrogen) atoms. The summed E-state index contributed by atoms with van der Waals surface area (Å²) in [6.45, 7) is 0.475. The Balaban J connectivity index is 1.58. The number of ether oxygens (including phenoxy) is 3. The average Bonchev–Trinajstić information content (AvgIpc) is 3.27. The summed E-state index contributed by atoms with van der Waals surface area (Å²) < 4.78 is 55.0. The van der Waals surface area contributed by atoms with Gasteiger partial charge >= 0.3 is 18.2 Å². The fraction of sp³-hybridized carbons (Fsp3) is 0.259. The van der Waals surface area contributed by atoms with Crippen molar-refractivity contribution in [3.63, 3.8) is 0 Å². The maximum absolute atomic E-state index is 13.0. The van der Waals surface area contributed by atoms with Gasteiger partial charge in [-0.3, -0.25) is 5.32 Å². The number of anilines is 1. The summed E-state index contributed by atoms with van der Waals surface area (Å²) in [6, 6.07) is 13.4. The van der Waals surface area contributed by atoms with Gasteiger partial charge < -0.3 is 19.5 Å². The first kappa shape index (κ1) is 28.4. The molecule has 0 spiro atoms. The van der Waals surface area contributed by atoms with E-state index in [2.05, 4.69) is 25.7 Å². The van der Waals surface area contributed by atoms with Gasteiger partial charge in [0.25, 0.3) is 0 Å². The highest BCUT2D eigenvalue weighted by Crippen LogP contribution is 2.30. The molecule has 10 nitrogen and oxygen atoms in total. The van der Waals surface area contributed by atoms with E-state index in [9.17, 15) is 18.0 Å². The fourth-order valence-electron chi connectivity index (χ4n) is 3.87. The summed E-state index contributed by atoms with van der Waals surface area (Å²) >= 11 is 0. The molecule has 0 saturated carbocycles. The smallest absolute Gasteiger partial charge is 0.422 e. The van der Waals surface area contributed by atoms with Crippen LogP contribution >= 0.6 is 0 Å². The number of nitrogens with zero attached hydrogens (tertiary/aromatic N) is 4. The lowest BCUT2D eigenvalue weighted by Gasteiger charge is -2.16. The Morgan fingerprint density at radius 1 is 1.05 bits per heavy atom. The Kier molecular flexibility index (Phi) is 8.84. The molecule has 2 heterocycles. The Morgan fingerprint density at radius 2 is 1.77 bits per heavy atom. The molecule has 2 aromatic carbocycles. The fourth-order valence-corrected chi connectivity index (χ4v) is 3.87. The quantitative estimate of drug-likeness (QED) is 0.281. The molecule has 4 aromatic rings. The molecule has 0 radical (unpaired) electrons. The van der Waals surface area contributed by atoms with Crippen LogP contribution in [0, 0.1) is 6.92 Å². The predicted octanol–water partition coefficient (Wildman–Crippen LogP) is 5.06. The maximum atomic E-state index is 13.0. The van der Waals surface area contributed by atoms with E-state index in [0.717, 1.165) is 0 Å². The van der Waals surface area contributed by atoms with Gasteiger partial charge in [-0.2, -0.15) is 18.3 Å². The van der Waals surface area contributed by atoms with Gasteiger partial charge in [-0.05, 0) is 36.8 Å². The second-order valence-corrected chi connectivity index (χ2v) is 8.61. The van der Waals surface area contributed by atoms with E-state index in [-0.39, 0.29) is 24.9 Å². The first-order chi connectivity index (χ1) is 19.2. The zero-order valence-electron chi connectivity index (χ0n) is 22.0. The van der Waals surface area contributed by atoms with Crippen LogP contribution in [-0.4, -0.2) is 52.8 Å². The second-order valence-electron chi connectivity index (χ2n) is 8.61. The monoisotopic (exact) mass is 556 g/mol. The van der Waals surface area contributed by atoms with E-state index in [1.807, 2.05) is 30.3 Å². The van der Waals surface area contributed by atoms with Gasteiger partial charge in [0.05, 0.1) is 19.4 Å². The van der Waals surface area contributed by atoms with E-state index >= 15 is 0 Å². The van der Waals surface area contributed by atoms with Gasteiger partial charge in [-0.1, -0.05) is 24.3 Å². The standard InChI is InChI=1S/C27H27F3N6O4/c1-17-23(20-13-32-26(39-3)33-14-20)35-36(21-7-5-4-6-8-21)24(17)34-25(37)31-12-19-11-18(15-38-2)9-10-22(19)40-16-27(28,29)30/h4-11,13-14H,12,15-16H2,1-3H3,(H2,31,34,37). The molecule has 210 valence electrons. The maximum Gasteiger partial charge on any atom is 0.422 e. The molecular weight excluding hydrogens is 529 g/mol. The third-order valence-electron chi connectivity index (χ3n) is 5.71. The van der Waals surface area contributed by atoms with Gasteiger partial charge in [0, 0.05) is 42.7 Å². The number of methoxy groups -OCH3 is 2. The zero-order chi connectivity index (χ0) is 28.7. The Bertz CT molecular complexity index is 1440. The molecule has 0 aliphatic heterocycles. The molecule has 0 bridgehead atoms. The summed E-state index contributed by atoms with van der Waals surface area (Å²) in [7, 11) is 2.97. The zero-order valence-corrected chi connectivity index (χ0v) is 22.0. The molecule has 13 heteroatoms. The van der Waals surface area contributed by atoms with E-state index in [1.165, 1.54) is 20.3 Å². The Labute approximate surface area is 228 Å². The van der Waals surface area contributed by atoms with E-state index in [1.54, 1.807) is 36.1 Å². The van der Waals surface area contributed by atoms with Crippen LogP contribution in [0.4, 0.5) is 23.8 Å². The number of amides is 2. The molecule has 0 unspecified atom stereocenters. The third kappa shape index (κ3) is 7.05. The normalized spacial score (nSPS) is 11.2. The molecule has 0 atom stereocenters. The van der Waals surface area contributed by atoms with Crippen LogP contribution in [0.1, 0.15) is 16.7 Å². The predicted molar refractivity (Wildman–Crippen MR) is 140 cm³/mol. The number of hydrogen-bond acceptors (Lipinski definition) is 7. The van der Waals surface area contributed by atoms with Crippen LogP contribution in [0.3, 0.4) is 0 Å². The Morgan fingerprint density at radius 3 is 2.42 bits per heavy atom. The Hall–Kier alpha value is -4.65. The van der Waals surface area contributed by atoms with Gasteiger partial charge in [-0.25, -0.2) is 19.4 Å². The number of alkyl halides is 3. The molecule has 0 aliphatic rings. The van der Waals surface area contributed by atoms with Crippen LogP contribution in [0.2, 0.25) is 0 Å². The van der Waals surface area contributed by atoms with Crippen molar-refractivity contribution in [3.8, 4) is 28.7 Å². The van der Waals surface area contributed by atoms with Crippen LogP contribution in [-0.2, 0) is 17.9 Å². The number of carbonyl (C=O) groups is 1. The van der Waals surface area contributed by atoms with E-state index in [4.69, 9.17) is 14.2 Å². The number of aromatic nitrogens is 4. The first-order valence-electron chi connectivity index (χ1n) is 12.0. The number of rotatable bonds is 10. The summed E-state index contributed by atoms with van der Waals surface area (Å²) in [5, 5.41) is 10.2. The van der Waals surface area contributed by atoms with Crippen LogP contribution in [0.5, 0.6) is 11.8 Å². The number of nitrogens with one attached hydrogen (secondary N) is 2. The summed E-state index contributed by atoms with van der Waals surface area (Å²) in [6.07, 6.45) is -1.38. The number of para-hydroxylation sites is 1. The van der Waals surface area contributed by atoms with Crippen molar-refractivity contribution in [3.05, 3.63) is 77.6 Å². The highest BCUT2D eigenvalue weighted by molar-refractivity contribution is 5.90. The SMILES string of the molecule is COCc1ccc(OCC(F)(F)F)c(CNC(=O)Nc2c(C)c(-c3cnc(OC)nc3)nn2-c2ccccc2)c1. The van der Waals surface area contributed by atoms with Crippen molar-refractivity contribution in [2.45, 2.75) is 26.3 Å². The van der Waals surface area contributed by atoms with Crippen molar-refractivity contribution in [1.29, 1.82) is 0 Å². The third-order valence-corrected chi connectivity index (χ3v) is 5.71. The molecule has 2 aromatic heterocycles. The van der Waals surface area contributed by atoms with Gasteiger partial charge in [0.1, 0.15) is 17.3 Å². The molecule has 2 amide bonds. The highest BCUT2D eigenvalue weighted by atomic mass is 19.4. The minimum atomic E-state index is -4.51. The number of hydrogen-bond donors (Lipinski definition) is 2. The van der Waals surface area contributed by atoms with Crippen molar-refractivity contribution in [1.82, 2.24) is 25.1 Å². The van der Waals surface area contributed by atoms with Crippen LogP contribution in [0.15, 0.2) is 60.9 Å². The van der Waals surface area contributed by atoms with E-state index in [0.29, 0.717) is 39.5 Å². The van der Waals surface area contributed by atoms with Gasteiger partial charge in [0.2, 0.25) is 0 Å². The summed E-state index contributed by atoms with van der Waals surface area (Å²) in [5.41, 5.74) is 3.55. The lowest BCUT2D eigenvalue weighted by Crippen LogP contribution is -2.30. The lowest BCUT2D eigenvalue weighted by atomic mass is 10.1. The molecular formula is C27H27F3N6O4. The van der Waals surface area contributed by atoms with Crippen LogP contribution < -0.4 is 20.1 Å². The molecule has 0 saturated heterocycles. The molecule has 2 N–H and O–H groups in total. The highest BCUT2D eigenvalue weighted by Gasteiger charge is 2.29. The average molecular weight is 557 g/mol. The minimum Gasteiger partial charge on any atom is -0.484 e.